The summed E-state index contributed by atoms with van der Waals surface area (Å²) in [5.41, 5.74) is -1.78. The standard InChI is InChI=1S/C16H16N6O8S2/c1-2-16(14(28)29)4-22-12(27)9(13(22)31-5-16)18-11(26)8(20-30-3-7(24)25)10-19-15(17-6-23)32-21-10/h2,6,9,13H,1,3-5H2,(H,18,26)(H,24,25)(H,28,29)(H,17,19,21,23)/t9?,13-,16?/m1/s1. The normalized spacial score (nSPS) is 24.6. The van der Waals surface area contributed by atoms with Gasteiger partial charge in [-0.25, -0.2) is 4.79 Å². The van der Waals surface area contributed by atoms with Crippen molar-refractivity contribution < 1.29 is 39.0 Å². The van der Waals surface area contributed by atoms with Gasteiger partial charge in [-0.3, -0.25) is 19.2 Å². The zero-order chi connectivity index (χ0) is 23.5. The molecule has 1 aromatic heterocycles. The number of carboxylic acid groups (broad SMARTS) is 2. The lowest BCUT2D eigenvalue weighted by molar-refractivity contribution is -0.156. The summed E-state index contributed by atoms with van der Waals surface area (Å²) < 4.78 is 3.87. The van der Waals surface area contributed by atoms with E-state index in [1.807, 2.05) is 0 Å². The van der Waals surface area contributed by atoms with Crippen molar-refractivity contribution in [3.63, 3.8) is 0 Å². The number of carboxylic acids is 2. The SMILES string of the molecule is C=CC1(C(=O)O)CS[C@@H]2C(NC(=O)C(=NOCC(=O)O)c3nsc(NC=O)n3)C(=O)N2C1. The van der Waals surface area contributed by atoms with Crippen molar-refractivity contribution in [2.45, 2.75) is 11.4 Å². The summed E-state index contributed by atoms with van der Waals surface area (Å²) in [7, 11) is 0. The van der Waals surface area contributed by atoms with Crippen molar-refractivity contribution in [2.75, 3.05) is 24.2 Å². The van der Waals surface area contributed by atoms with Gasteiger partial charge in [0.05, 0.1) is 0 Å². The second-order valence-corrected chi connectivity index (χ2v) is 8.43. The van der Waals surface area contributed by atoms with Gasteiger partial charge in [-0.2, -0.15) is 9.36 Å². The molecule has 0 spiro atoms. The average molecular weight is 484 g/mol. The number of nitrogens with one attached hydrogen (secondary N) is 2. The number of carbonyl (C=O) groups is 5. The van der Waals surface area contributed by atoms with Gasteiger partial charge in [-0.15, -0.1) is 18.3 Å². The van der Waals surface area contributed by atoms with E-state index in [1.54, 1.807) is 0 Å². The number of nitrogens with zero attached hydrogens (tertiary/aromatic N) is 4. The fraction of sp³-hybridized carbons (Fsp3) is 0.375. The summed E-state index contributed by atoms with van der Waals surface area (Å²) in [4.78, 5) is 68.0. The second-order valence-electron chi connectivity index (χ2n) is 6.58. The van der Waals surface area contributed by atoms with Crippen LogP contribution < -0.4 is 10.6 Å². The number of hydrogen-bond acceptors (Lipinski definition) is 11. The molecule has 3 rings (SSSR count). The number of oxime groups is 1. The highest BCUT2D eigenvalue weighted by atomic mass is 32.2. The summed E-state index contributed by atoms with van der Waals surface area (Å²) in [5.74, 6) is -3.94. The quantitative estimate of drug-likeness (QED) is 0.0997. The van der Waals surface area contributed by atoms with Crippen LogP contribution in [0.1, 0.15) is 5.82 Å². The minimum absolute atomic E-state index is 0.0527. The lowest BCUT2D eigenvalue weighted by atomic mass is 9.87. The maximum Gasteiger partial charge on any atom is 0.344 e. The number of carbonyl (C=O) groups excluding carboxylic acids is 3. The molecule has 16 heteroatoms. The van der Waals surface area contributed by atoms with E-state index in [2.05, 4.69) is 36.6 Å². The largest absolute Gasteiger partial charge is 0.481 e. The number of amides is 3. The third kappa shape index (κ3) is 4.40. The third-order valence-electron chi connectivity index (χ3n) is 4.59. The summed E-state index contributed by atoms with van der Waals surface area (Å²) in [6.45, 7) is 2.64. The van der Waals surface area contributed by atoms with Crippen molar-refractivity contribution in [3.05, 3.63) is 18.5 Å². The van der Waals surface area contributed by atoms with Gasteiger partial charge in [0.15, 0.2) is 0 Å². The van der Waals surface area contributed by atoms with Crippen LogP contribution in [0, 0.1) is 5.41 Å². The molecule has 1 aromatic rings. The first-order valence-electron chi connectivity index (χ1n) is 8.78. The number of aliphatic carboxylic acids is 2. The Hall–Kier alpha value is -3.53. The highest BCUT2D eigenvalue weighted by molar-refractivity contribution is 8.00. The summed E-state index contributed by atoms with van der Waals surface area (Å²) in [5, 5.41) is 25.9. The van der Waals surface area contributed by atoms with Crippen LogP contribution in [0.25, 0.3) is 0 Å². The maximum absolute atomic E-state index is 12.8. The Bertz CT molecular complexity index is 1010. The van der Waals surface area contributed by atoms with Gasteiger partial charge in [-0.05, 0) is 0 Å². The van der Waals surface area contributed by atoms with Gasteiger partial charge in [0.25, 0.3) is 5.91 Å². The molecule has 2 saturated heterocycles. The lowest BCUT2D eigenvalue weighted by Crippen LogP contribution is -2.73. The van der Waals surface area contributed by atoms with Gasteiger partial charge in [-0.1, -0.05) is 11.2 Å². The number of fused-ring (bicyclic) bond motifs is 1. The van der Waals surface area contributed by atoms with Gasteiger partial charge in [0.1, 0.15) is 16.8 Å². The predicted octanol–water partition coefficient (Wildman–Crippen LogP) is -1.43. The fourth-order valence-electron chi connectivity index (χ4n) is 2.91. The maximum atomic E-state index is 12.8. The summed E-state index contributed by atoms with van der Waals surface area (Å²) >= 11 is 1.92. The zero-order valence-corrected chi connectivity index (χ0v) is 17.7. The van der Waals surface area contributed by atoms with Crippen molar-refractivity contribution >= 4 is 64.3 Å². The van der Waals surface area contributed by atoms with Crippen LogP contribution in [-0.4, -0.2) is 90.7 Å². The van der Waals surface area contributed by atoms with E-state index >= 15 is 0 Å². The Labute approximate surface area is 187 Å². The number of rotatable bonds is 10. The van der Waals surface area contributed by atoms with E-state index in [-0.39, 0.29) is 23.3 Å². The van der Waals surface area contributed by atoms with Gasteiger partial charge >= 0.3 is 11.9 Å². The Morgan fingerprint density at radius 2 is 2.16 bits per heavy atom. The number of thioether (sulfide) groups is 1. The molecular weight excluding hydrogens is 468 g/mol. The topological polar surface area (TPSA) is 200 Å². The molecule has 4 N–H and O–H groups in total. The van der Waals surface area contributed by atoms with E-state index in [1.165, 1.54) is 22.7 Å². The molecule has 170 valence electrons. The van der Waals surface area contributed by atoms with Crippen LogP contribution in [-0.2, 0) is 28.8 Å². The van der Waals surface area contributed by atoms with E-state index < -0.39 is 52.9 Å². The molecular formula is C16H16N6O8S2. The third-order valence-corrected chi connectivity index (χ3v) is 6.78. The van der Waals surface area contributed by atoms with E-state index in [0.717, 1.165) is 11.5 Å². The van der Waals surface area contributed by atoms with Crippen molar-refractivity contribution in [3.8, 4) is 0 Å². The summed E-state index contributed by atoms with van der Waals surface area (Å²) in [6.07, 6.45) is 1.64. The molecule has 3 atom stereocenters. The molecule has 32 heavy (non-hydrogen) atoms. The van der Waals surface area contributed by atoms with E-state index in [4.69, 9.17) is 5.11 Å². The minimum atomic E-state index is -1.34. The average Bonchev–Trinajstić information content (AvgIpc) is 3.22. The molecule has 2 unspecified atom stereocenters. The van der Waals surface area contributed by atoms with E-state index in [9.17, 15) is 29.1 Å². The molecule has 0 saturated carbocycles. The van der Waals surface area contributed by atoms with Crippen molar-refractivity contribution in [1.82, 2.24) is 19.6 Å². The zero-order valence-electron chi connectivity index (χ0n) is 16.1. The molecule has 0 bridgehead atoms. The van der Waals surface area contributed by atoms with Crippen LogP contribution in [0.2, 0.25) is 0 Å². The predicted molar refractivity (Wildman–Crippen MR) is 110 cm³/mol. The van der Waals surface area contributed by atoms with Crippen LogP contribution in [0.3, 0.4) is 0 Å². The minimum Gasteiger partial charge on any atom is -0.481 e. The highest BCUT2D eigenvalue weighted by Gasteiger charge is 2.56. The molecule has 0 aliphatic carbocycles. The fourth-order valence-corrected chi connectivity index (χ4v) is 4.97. The smallest absolute Gasteiger partial charge is 0.344 e. The second kappa shape index (κ2) is 9.31. The number of β-lactam (4-membered cyclic amide) rings is 1. The molecule has 2 aliphatic heterocycles. The molecule has 3 amide bonds. The van der Waals surface area contributed by atoms with Crippen LogP contribution >= 0.6 is 23.3 Å². The van der Waals surface area contributed by atoms with Crippen molar-refractivity contribution in [2.24, 2.45) is 10.6 Å². The number of anilines is 1. The van der Waals surface area contributed by atoms with Crippen LogP contribution in [0.5, 0.6) is 0 Å². The Kier molecular flexibility index (Phi) is 6.73. The van der Waals surface area contributed by atoms with Crippen LogP contribution in [0.4, 0.5) is 5.13 Å². The van der Waals surface area contributed by atoms with Gasteiger partial charge < -0.3 is 30.6 Å². The molecule has 0 aromatic carbocycles. The molecule has 2 fully saturated rings. The monoisotopic (exact) mass is 484 g/mol. The Morgan fingerprint density at radius 3 is 2.78 bits per heavy atom. The molecule has 0 radical (unpaired) electrons. The van der Waals surface area contributed by atoms with E-state index in [0.29, 0.717) is 6.41 Å². The molecule has 3 heterocycles. The van der Waals surface area contributed by atoms with Gasteiger partial charge in [0.2, 0.25) is 35.6 Å². The molecule has 14 nitrogen and oxygen atoms in total. The number of aromatic nitrogens is 2. The first kappa shape index (κ1) is 23.1. The van der Waals surface area contributed by atoms with Gasteiger partial charge in [0, 0.05) is 23.8 Å². The Balaban J connectivity index is 1.74. The summed E-state index contributed by atoms with van der Waals surface area (Å²) in [6, 6.07) is -0.972. The van der Waals surface area contributed by atoms with Crippen molar-refractivity contribution in [1.29, 1.82) is 0 Å². The lowest BCUT2D eigenvalue weighted by Gasteiger charge is -2.53. The first-order valence-corrected chi connectivity index (χ1v) is 10.6. The first-order chi connectivity index (χ1) is 15.2. The highest BCUT2D eigenvalue weighted by Crippen LogP contribution is 2.42. The van der Waals surface area contributed by atoms with Crippen LogP contribution in [0.15, 0.2) is 17.8 Å². The molecule has 2 aliphatic rings. The number of hydrogen-bond donors (Lipinski definition) is 4. The Morgan fingerprint density at radius 1 is 1.41 bits per heavy atom.